The van der Waals surface area contributed by atoms with Crippen molar-refractivity contribution in [2.24, 2.45) is 16.8 Å². The van der Waals surface area contributed by atoms with Gasteiger partial charge < -0.3 is 20.5 Å². The average molecular weight is 335 g/mol. The number of guanidine groups is 1. The summed E-state index contributed by atoms with van der Waals surface area (Å²) in [6.45, 7) is 9.51. The highest BCUT2D eigenvalue weighted by molar-refractivity contribution is 5.79. The van der Waals surface area contributed by atoms with Crippen molar-refractivity contribution in [2.45, 2.75) is 33.6 Å². The largest absolute Gasteiger partial charge is 0.492 e. The van der Waals surface area contributed by atoms with E-state index in [4.69, 9.17) is 4.74 Å². The maximum atomic E-state index is 9.20. The number of benzene rings is 1. The Morgan fingerprint density at radius 2 is 1.96 bits per heavy atom. The SMILES string of the molecule is CCNC(=NCC(CCO)CC(C)C)NCCOc1ccccc1. The van der Waals surface area contributed by atoms with Crippen LogP contribution in [0.5, 0.6) is 5.75 Å². The number of rotatable bonds is 11. The summed E-state index contributed by atoms with van der Waals surface area (Å²) in [5.41, 5.74) is 0. The lowest BCUT2D eigenvalue weighted by Gasteiger charge is -2.17. The lowest BCUT2D eigenvalue weighted by Crippen LogP contribution is -2.39. The molecule has 0 bridgehead atoms. The van der Waals surface area contributed by atoms with Gasteiger partial charge in [-0.2, -0.15) is 0 Å². The van der Waals surface area contributed by atoms with E-state index in [1.54, 1.807) is 0 Å². The van der Waals surface area contributed by atoms with Crippen LogP contribution >= 0.6 is 0 Å². The van der Waals surface area contributed by atoms with Gasteiger partial charge in [-0.3, -0.25) is 4.99 Å². The molecular weight excluding hydrogens is 302 g/mol. The highest BCUT2D eigenvalue weighted by Gasteiger charge is 2.10. The van der Waals surface area contributed by atoms with E-state index in [1.165, 1.54) is 0 Å². The van der Waals surface area contributed by atoms with Gasteiger partial charge >= 0.3 is 0 Å². The van der Waals surface area contributed by atoms with Crippen molar-refractivity contribution in [1.29, 1.82) is 0 Å². The van der Waals surface area contributed by atoms with Gasteiger partial charge in [-0.25, -0.2) is 0 Å². The van der Waals surface area contributed by atoms with Crippen LogP contribution in [0.4, 0.5) is 0 Å². The summed E-state index contributed by atoms with van der Waals surface area (Å²) in [6.07, 6.45) is 1.89. The van der Waals surface area contributed by atoms with E-state index in [9.17, 15) is 5.11 Å². The molecule has 0 fully saturated rings. The third kappa shape index (κ3) is 9.40. The van der Waals surface area contributed by atoms with Crippen LogP contribution in [-0.4, -0.2) is 43.9 Å². The Morgan fingerprint density at radius 1 is 1.21 bits per heavy atom. The van der Waals surface area contributed by atoms with Crippen LogP contribution in [0.3, 0.4) is 0 Å². The third-order valence-corrected chi connectivity index (χ3v) is 3.60. The number of hydrogen-bond acceptors (Lipinski definition) is 3. The first kappa shape index (κ1) is 20.3. The number of para-hydroxylation sites is 1. The molecule has 0 saturated carbocycles. The van der Waals surface area contributed by atoms with E-state index in [0.717, 1.165) is 37.6 Å². The average Bonchev–Trinajstić information content (AvgIpc) is 2.57. The van der Waals surface area contributed by atoms with Crippen molar-refractivity contribution in [3.8, 4) is 5.75 Å². The first-order chi connectivity index (χ1) is 11.7. The molecule has 1 unspecified atom stereocenters. The van der Waals surface area contributed by atoms with E-state index in [2.05, 4.69) is 36.4 Å². The Labute approximate surface area is 146 Å². The molecule has 0 aliphatic rings. The molecule has 5 nitrogen and oxygen atoms in total. The highest BCUT2D eigenvalue weighted by atomic mass is 16.5. The normalized spacial score (nSPS) is 13.0. The van der Waals surface area contributed by atoms with Crippen molar-refractivity contribution in [1.82, 2.24) is 10.6 Å². The van der Waals surface area contributed by atoms with Gasteiger partial charge in [0.05, 0.1) is 6.54 Å². The van der Waals surface area contributed by atoms with Crippen molar-refractivity contribution in [3.63, 3.8) is 0 Å². The summed E-state index contributed by atoms with van der Waals surface area (Å²) in [6, 6.07) is 9.80. The monoisotopic (exact) mass is 335 g/mol. The number of nitrogens with zero attached hydrogens (tertiary/aromatic N) is 1. The summed E-state index contributed by atoms with van der Waals surface area (Å²) in [5, 5.41) is 15.7. The molecule has 0 heterocycles. The van der Waals surface area contributed by atoms with Gasteiger partial charge in [0, 0.05) is 19.7 Å². The Morgan fingerprint density at radius 3 is 2.58 bits per heavy atom. The molecule has 0 spiro atoms. The molecule has 0 aliphatic carbocycles. The molecule has 0 amide bonds. The smallest absolute Gasteiger partial charge is 0.191 e. The lowest BCUT2D eigenvalue weighted by atomic mass is 9.94. The molecule has 1 rings (SSSR count). The predicted molar refractivity (Wildman–Crippen MR) is 101 cm³/mol. The van der Waals surface area contributed by atoms with Crippen LogP contribution < -0.4 is 15.4 Å². The fraction of sp³-hybridized carbons (Fsp3) is 0.632. The molecule has 24 heavy (non-hydrogen) atoms. The van der Waals surface area contributed by atoms with Gasteiger partial charge in [0.1, 0.15) is 12.4 Å². The van der Waals surface area contributed by atoms with E-state index < -0.39 is 0 Å². The third-order valence-electron chi connectivity index (χ3n) is 3.60. The Bertz CT molecular complexity index is 449. The molecule has 0 aromatic heterocycles. The Kier molecular flexibility index (Phi) is 10.7. The maximum Gasteiger partial charge on any atom is 0.191 e. The second kappa shape index (κ2) is 12.6. The number of hydrogen-bond donors (Lipinski definition) is 3. The van der Waals surface area contributed by atoms with Gasteiger partial charge in [0.25, 0.3) is 0 Å². The van der Waals surface area contributed by atoms with Gasteiger partial charge in [0.2, 0.25) is 0 Å². The van der Waals surface area contributed by atoms with Gasteiger partial charge in [-0.15, -0.1) is 0 Å². The zero-order valence-corrected chi connectivity index (χ0v) is 15.3. The van der Waals surface area contributed by atoms with Crippen molar-refractivity contribution in [3.05, 3.63) is 30.3 Å². The minimum Gasteiger partial charge on any atom is -0.492 e. The van der Waals surface area contributed by atoms with Crippen molar-refractivity contribution >= 4 is 5.96 Å². The lowest BCUT2D eigenvalue weighted by molar-refractivity contribution is 0.245. The number of aliphatic hydroxyl groups excluding tert-OH is 1. The summed E-state index contributed by atoms with van der Waals surface area (Å²) >= 11 is 0. The standard InChI is InChI=1S/C19H33N3O2/c1-4-20-19(22-15-17(10-12-23)14-16(2)3)21-11-13-24-18-8-6-5-7-9-18/h5-9,16-17,23H,4,10-15H2,1-3H3,(H2,20,21,22). The topological polar surface area (TPSA) is 65.9 Å². The van der Waals surface area contributed by atoms with Crippen LogP contribution in [0.1, 0.15) is 33.6 Å². The number of ether oxygens (including phenoxy) is 1. The molecule has 0 radical (unpaired) electrons. The fourth-order valence-electron chi connectivity index (χ4n) is 2.55. The van der Waals surface area contributed by atoms with Crippen LogP contribution in [-0.2, 0) is 0 Å². The van der Waals surface area contributed by atoms with Crippen molar-refractivity contribution < 1.29 is 9.84 Å². The Balaban J connectivity index is 2.40. The molecule has 3 N–H and O–H groups in total. The highest BCUT2D eigenvalue weighted by Crippen LogP contribution is 2.15. The number of aliphatic imine (C=N–C) groups is 1. The van der Waals surface area contributed by atoms with Crippen molar-refractivity contribution in [2.75, 3.05) is 32.8 Å². The molecular formula is C19H33N3O2. The van der Waals surface area contributed by atoms with Crippen LogP contribution in [0, 0.1) is 11.8 Å². The predicted octanol–water partition coefficient (Wildman–Crippen LogP) is 2.67. The molecule has 136 valence electrons. The molecule has 5 heteroatoms. The van der Waals surface area contributed by atoms with Crippen LogP contribution in [0.2, 0.25) is 0 Å². The summed E-state index contributed by atoms with van der Waals surface area (Å²) in [7, 11) is 0. The minimum absolute atomic E-state index is 0.224. The first-order valence-corrected chi connectivity index (χ1v) is 8.96. The van der Waals surface area contributed by atoms with E-state index in [0.29, 0.717) is 25.0 Å². The van der Waals surface area contributed by atoms with E-state index in [1.807, 2.05) is 30.3 Å². The number of nitrogens with one attached hydrogen (secondary N) is 2. The van der Waals surface area contributed by atoms with Gasteiger partial charge in [0.15, 0.2) is 5.96 Å². The Hall–Kier alpha value is -1.75. The molecule has 0 aliphatic heterocycles. The minimum atomic E-state index is 0.224. The summed E-state index contributed by atoms with van der Waals surface area (Å²) in [5.74, 6) is 2.72. The van der Waals surface area contributed by atoms with E-state index >= 15 is 0 Å². The van der Waals surface area contributed by atoms with Gasteiger partial charge in [-0.05, 0) is 43.7 Å². The zero-order valence-electron chi connectivity index (χ0n) is 15.3. The second-order valence-electron chi connectivity index (χ2n) is 6.32. The first-order valence-electron chi connectivity index (χ1n) is 8.96. The summed E-state index contributed by atoms with van der Waals surface area (Å²) in [4.78, 5) is 4.66. The van der Waals surface area contributed by atoms with Crippen LogP contribution in [0.25, 0.3) is 0 Å². The molecule has 1 aromatic carbocycles. The summed E-state index contributed by atoms with van der Waals surface area (Å²) < 4.78 is 5.67. The molecule has 1 aromatic rings. The molecule has 0 saturated heterocycles. The quantitative estimate of drug-likeness (QED) is 0.330. The maximum absolute atomic E-state index is 9.20. The second-order valence-corrected chi connectivity index (χ2v) is 6.32. The molecule has 1 atom stereocenters. The number of aliphatic hydroxyl groups is 1. The zero-order chi connectivity index (χ0) is 17.6. The van der Waals surface area contributed by atoms with E-state index in [-0.39, 0.29) is 6.61 Å². The fourth-order valence-corrected chi connectivity index (χ4v) is 2.55. The van der Waals surface area contributed by atoms with Crippen LogP contribution in [0.15, 0.2) is 35.3 Å². The van der Waals surface area contributed by atoms with Gasteiger partial charge in [-0.1, -0.05) is 32.0 Å².